The quantitative estimate of drug-likeness (QED) is 0.210. The number of anilines is 1. The molecule has 2 aliphatic heterocycles. The first kappa shape index (κ1) is 32.5. The Morgan fingerprint density at radius 1 is 1.08 bits per heavy atom. The number of H-pyrrole nitrogens is 1. The van der Waals surface area contributed by atoms with E-state index in [-0.39, 0.29) is 24.0 Å². The zero-order valence-electron chi connectivity index (χ0n) is 27.7. The van der Waals surface area contributed by atoms with Crippen LogP contribution >= 0.6 is 11.6 Å². The van der Waals surface area contributed by atoms with E-state index in [0.717, 1.165) is 37.3 Å². The molecule has 0 radical (unpaired) electrons. The number of halogens is 1. The van der Waals surface area contributed by atoms with Gasteiger partial charge in [0.15, 0.2) is 0 Å². The number of aromatic nitrogens is 6. The van der Waals surface area contributed by atoms with E-state index in [1.54, 1.807) is 12.4 Å². The summed E-state index contributed by atoms with van der Waals surface area (Å²) in [6.07, 6.45) is 7.94. The number of benzene rings is 1. The minimum atomic E-state index is -0.937. The molecule has 13 nitrogen and oxygen atoms in total. The summed E-state index contributed by atoms with van der Waals surface area (Å²) >= 11 is 6.49. The Hall–Kier alpha value is -4.75. The van der Waals surface area contributed by atoms with E-state index in [4.69, 9.17) is 30.8 Å². The number of amides is 1. The van der Waals surface area contributed by atoms with Gasteiger partial charge in [-0.15, -0.1) is 0 Å². The number of morpholine rings is 1. The van der Waals surface area contributed by atoms with Gasteiger partial charge in [0.1, 0.15) is 5.69 Å². The number of ether oxygens (including phenoxy) is 1. The van der Waals surface area contributed by atoms with Crippen molar-refractivity contribution in [2.75, 3.05) is 24.6 Å². The van der Waals surface area contributed by atoms with E-state index in [2.05, 4.69) is 43.6 Å². The van der Waals surface area contributed by atoms with Crippen LogP contribution in [0.5, 0.6) is 0 Å². The molecule has 14 heteroatoms. The number of rotatable bonds is 7. The molecular formula is C36H39ClN8O5. The molecule has 1 aliphatic carbocycles. The first-order valence-corrected chi connectivity index (χ1v) is 17.7. The number of hydrogen-bond acceptors (Lipinski definition) is 9. The fourth-order valence-electron chi connectivity index (χ4n) is 7.99. The summed E-state index contributed by atoms with van der Waals surface area (Å²) < 4.78 is 13.7. The second kappa shape index (κ2) is 13.5. The van der Waals surface area contributed by atoms with Crippen molar-refractivity contribution in [2.45, 2.75) is 70.2 Å². The van der Waals surface area contributed by atoms with Crippen LogP contribution in [0.2, 0.25) is 5.02 Å². The maximum atomic E-state index is 12.0. The van der Waals surface area contributed by atoms with Crippen molar-refractivity contribution in [3.63, 3.8) is 0 Å². The predicted octanol–water partition coefficient (Wildman–Crippen LogP) is 5.89. The van der Waals surface area contributed by atoms with Crippen molar-refractivity contribution >= 4 is 34.7 Å². The summed E-state index contributed by atoms with van der Waals surface area (Å²) in [7, 11) is 0. The van der Waals surface area contributed by atoms with E-state index in [9.17, 15) is 14.7 Å². The number of nitrogens with zero attached hydrogens (tertiary/aromatic N) is 7. The van der Waals surface area contributed by atoms with E-state index in [1.165, 1.54) is 23.3 Å². The molecule has 3 aliphatic rings. The van der Waals surface area contributed by atoms with Crippen molar-refractivity contribution in [2.24, 2.45) is 11.8 Å². The summed E-state index contributed by atoms with van der Waals surface area (Å²) in [4.78, 5) is 45.4. The maximum absolute atomic E-state index is 12.0. The molecule has 5 aromatic rings. The van der Waals surface area contributed by atoms with Gasteiger partial charge < -0.3 is 24.2 Å². The number of aromatic amines is 1. The standard InChI is InChI=1S/C36H39ClN8O5/c1-21-7-9-23(10-8-21)18-44-32-27(15-28(33-41-35(46)50-42-33)39-31(32)24-14-25(37)17-38-16-24)40-34(44)45-26(13-22-5-3-2-4-6-22)20-49-30-19-43(36(47)48)12-11-29(30)45/h2-6,14-17,21,23,26,29-30H,7-13,18-20H2,1H3,(H,47,48)(H,41,42,46)/t21?,23?,26?,29-,30-/m1/s1. The van der Waals surface area contributed by atoms with Crippen LogP contribution in [-0.2, 0) is 17.7 Å². The molecule has 2 N–H and O–H groups in total. The normalized spacial score (nSPS) is 24.0. The van der Waals surface area contributed by atoms with Gasteiger partial charge in [-0.1, -0.05) is 66.9 Å². The third kappa shape index (κ3) is 6.35. The highest BCUT2D eigenvalue weighted by Crippen LogP contribution is 2.40. The van der Waals surface area contributed by atoms with Crippen LogP contribution in [0.15, 0.2) is 64.2 Å². The molecule has 1 saturated carbocycles. The average molecular weight is 699 g/mol. The highest BCUT2D eigenvalue weighted by atomic mass is 35.5. The van der Waals surface area contributed by atoms with Gasteiger partial charge in [-0.05, 0) is 55.2 Å². The number of hydrogen-bond donors (Lipinski definition) is 2. The minimum Gasteiger partial charge on any atom is -0.465 e. The molecule has 260 valence electrons. The summed E-state index contributed by atoms with van der Waals surface area (Å²) in [6.45, 7) is 4.17. The number of fused-ring (bicyclic) bond motifs is 2. The number of pyridine rings is 2. The lowest BCUT2D eigenvalue weighted by Gasteiger charge is -2.50. The molecular weight excluding hydrogens is 660 g/mol. The Balaban J connectivity index is 1.34. The molecule has 50 heavy (non-hydrogen) atoms. The summed E-state index contributed by atoms with van der Waals surface area (Å²) in [5.74, 6) is 1.44. The van der Waals surface area contributed by atoms with Crippen LogP contribution in [-0.4, -0.2) is 83.6 Å². The fourth-order valence-corrected chi connectivity index (χ4v) is 8.16. The average Bonchev–Trinajstić information content (AvgIpc) is 3.72. The zero-order valence-corrected chi connectivity index (χ0v) is 28.5. The lowest BCUT2D eigenvalue weighted by atomic mass is 9.83. The Morgan fingerprint density at radius 2 is 1.90 bits per heavy atom. The lowest BCUT2D eigenvalue weighted by Crippen LogP contribution is -2.64. The summed E-state index contributed by atoms with van der Waals surface area (Å²) in [5.41, 5.74) is 4.41. The minimum absolute atomic E-state index is 0.0624. The van der Waals surface area contributed by atoms with Crippen LogP contribution < -0.4 is 10.7 Å². The highest BCUT2D eigenvalue weighted by molar-refractivity contribution is 6.30. The molecule has 0 spiro atoms. The first-order chi connectivity index (χ1) is 24.3. The van der Waals surface area contributed by atoms with Gasteiger partial charge in [0.05, 0.1) is 53.1 Å². The highest BCUT2D eigenvalue weighted by Gasteiger charge is 2.44. The molecule has 3 atom stereocenters. The van der Waals surface area contributed by atoms with Gasteiger partial charge in [-0.2, -0.15) is 0 Å². The Kier molecular flexibility index (Phi) is 8.77. The van der Waals surface area contributed by atoms with Gasteiger partial charge in [0.25, 0.3) is 0 Å². The fraction of sp³-hybridized carbons (Fsp3) is 0.444. The number of likely N-dealkylation sites (tertiary alicyclic amines) is 1. The van der Waals surface area contributed by atoms with Gasteiger partial charge in [0, 0.05) is 31.0 Å². The molecule has 3 fully saturated rings. The number of carboxylic acid groups (broad SMARTS) is 1. The SMILES string of the molecule is CC1CCC(Cn2c(N3C(Cc4ccccc4)CO[C@@H]4CN(C(=O)O)CC[C@H]43)nc3cc(-c4noc(=O)[nH]4)nc(-c4cncc(Cl)c4)c32)CC1. The number of carbonyl (C=O) groups is 1. The summed E-state index contributed by atoms with van der Waals surface area (Å²) in [5, 5.41) is 14.3. The van der Waals surface area contributed by atoms with Crippen LogP contribution in [0.1, 0.15) is 44.6 Å². The predicted molar refractivity (Wildman–Crippen MR) is 187 cm³/mol. The molecule has 1 amide bonds. The molecule has 8 rings (SSSR count). The smallest absolute Gasteiger partial charge is 0.439 e. The molecule has 0 bridgehead atoms. The lowest BCUT2D eigenvalue weighted by molar-refractivity contribution is -0.0458. The largest absolute Gasteiger partial charge is 0.465 e. The number of nitrogens with one attached hydrogen (secondary N) is 1. The Labute approximate surface area is 293 Å². The Morgan fingerprint density at radius 3 is 2.64 bits per heavy atom. The maximum Gasteiger partial charge on any atom is 0.439 e. The van der Waals surface area contributed by atoms with Crippen LogP contribution in [0, 0.1) is 11.8 Å². The first-order valence-electron chi connectivity index (χ1n) is 17.3. The molecule has 1 aromatic carbocycles. The molecule has 6 heterocycles. The third-order valence-electron chi connectivity index (χ3n) is 10.5. The van der Waals surface area contributed by atoms with Crippen molar-refractivity contribution < 1.29 is 19.2 Å². The van der Waals surface area contributed by atoms with Crippen LogP contribution in [0.3, 0.4) is 0 Å². The van der Waals surface area contributed by atoms with E-state index >= 15 is 0 Å². The number of imidazole rings is 1. The van der Waals surface area contributed by atoms with Gasteiger partial charge in [0.2, 0.25) is 11.8 Å². The van der Waals surface area contributed by atoms with Crippen LogP contribution in [0.25, 0.3) is 33.8 Å². The van der Waals surface area contributed by atoms with Gasteiger partial charge in [-0.3, -0.25) is 14.5 Å². The van der Waals surface area contributed by atoms with E-state index in [0.29, 0.717) is 65.4 Å². The summed E-state index contributed by atoms with van der Waals surface area (Å²) in [6, 6.07) is 13.9. The van der Waals surface area contributed by atoms with Crippen molar-refractivity contribution in [3.8, 4) is 22.8 Å². The molecule has 1 unspecified atom stereocenters. The van der Waals surface area contributed by atoms with Crippen molar-refractivity contribution in [3.05, 3.63) is 76.0 Å². The van der Waals surface area contributed by atoms with Crippen molar-refractivity contribution in [1.29, 1.82) is 0 Å². The second-order valence-electron chi connectivity index (χ2n) is 13.9. The van der Waals surface area contributed by atoms with Gasteiger partial charge in [-0.25, -0.2) is 19.6 Å². The van der Waals surface area contributed by atoms with Crippen molar-refractivity contribution in [1.82, 2.24) is 34.6 Å². The third-order valence-corrected chi connectivity index (χ3v) is 10.7. The monoisotopic (exact) mass is 698 g/mol. The van der Waals surface area contributed by atoms with Crippen LogP contribution in [0.4, 0.5) is 10.7 Å². The topological polar surface area (TPSA) is 156 Å². The molecule has 2 saturated heterocycles. The second-order valence-corrected chi connectivity index (χ2v) is 14.4. The molecule has 4 aromatic heterocycles. The van der Waals surface area contributed by atoms with E-state index < -0.39 is 11.8 Å². The Bertz CT molecular complexity index is 2060. The van der Waals surface area contributed by atoms with Gasteiger partial charge >= 0.3 is 11.8 Å². The number of piperidine rings is 1. The zero-order chi connectivity index (χ0) is 34.4. The van der Waals surface area contributed by atoms with E-state index in [1.807, 2.05) is 30.3 Å².